The number of aryl methyl sites for hydroxylation is 1. The summed E-state index contributed by atoms with van der Waals surface area (Å²) in [5.41, 5.74) is 0.491. The first-order chi connectivity index (χ1) is 14.5. The third kappa shape index (κ3) is 4.81. The third-order valence-electron chi connectivity index (χ3n) is 6.24. The molecule has 7 nitrogen and oxygen atoms in total. The second kappa shape index (κ2) is 8.44. The number of hydrogen-bond donors (Lipinski definition) is 1. The molecular weight excluding hydrogens is 396 g/mol. The number of urea groups is 1. The molecule has 0 radical (unpaired) electrons. The van der Waals surface area contributed by atoms with Crippen molar-refractivity contribution in [3.05, 3.63) is 35.4 Å². The molecule has 2 aliphatic rings. The Labute approximate surface area is 183 Å². The number of carbonyl (C=O) groups is 4. The molecule has 7 heteroatoms. The Bertz CT molecular complexity index is 892. The van der Waals surface area contributed by atoms with Crippen molar-refractivity contribution >= 4 is 23.7 Å². The van der Waals surface area contributed by atoms with Gasteiger partial charge in [-0.2, -0.15) is 0 Å². The van der Waals surface area contributed by atoms with Crippen LogP contribution in [0, 0.1) is 11.3 Å². The van der Waals surface area contributed by atoms with Crippen LogP contribution in [-0.2, 0) is 20.7 Å². The van der Waals surface area contributed by atoms with Gasteiger partial charge < -0.3 is 10.1 Å². The van der Waals surface area contributed by atoms with E-state index in [0.717, 1.165) is 23.3 Å². The van der Waals surface area contributed by atoms with E-state index in [1.165, 1.54) is 6.92 Å². The van der Waals surface area contributed by atoms with Gasteiger partial charge in [0.15, 0.2) is 6.10 Å². The van der Waals surface area contributed by atoms with Gasteiger partial charge in [-0.15, -0.1) is 0 Å². The fourth-order valence-electron chi connectivity index (χ4n) is 5.21. The van der Waals surface area contributed by atoms with Gasteiger partial charge in [0.25, 0.3) is 5.91 Å². The Balaban J connectivity index is 1.64. The topological polar surface area (TPSA) is 92.8 Å². The standard InChI is InChI=1S/C24H32N2O5/c1-6-17-7-9-18(10-8-17)20(28)16(3)31-19(27)13-26-21(29)24(25-22(26)30)12-15(2)11-23(4,5)14-24/h7-10,15-16H,6,11-14H2,1-5H3,(H,25,30)/t15-,16+,24+/m1/s1. The van der Waals surface area contributed by atoms with Crippen molar-refractivity contribution in [3.8, 4) is 0 Å². The number of esters is 1. The molecule has 31 heavy (non-hydrogen) atoms. The van der Waals surface area contributed by atoms with Gasteiger partial charge in [0.05, 0.1) is 0 Å². The normalized spacial score (nSPS) is 26.0. The molecule has 3 amide bonds. The molecule has 0 aromatic heterocycles. The fourth-order valence-corrected chi connectivity index (χ4v) is 5.21. The molecule has 1 aliphatic heterocycles. The van der Waals surface area contributed by atoms with Crippen molar-refractivity contribution in [1.29, 1.82) is 0 Å². The molecule has 2 fully saturated rings. The Hall–Kier alpha value is -2.70. The zero-order valence-electron chi connectivity index (χ0n) is 19.0. The van der Waals surface area contributed by atoms with Crippen LogP contribution in [0.3, 0.4) is 0 Å². The second-order valence-corrected chi connectivity index (χ2v) is 9.80. The lowest BCUT2D eigenvalue weighted by Crippen LogP contribution is -2.54. The summed E-state index contributed by atoms with van der Waals surface area (Å²) in [5.74, 6) is -1.22. The third-order valence-corrected chi connectivity index (χ3v) is 6.24. The largest absolute Gasteiger partial charge is 0.453 e. The highest BCUT2D eigenvalue weighted by Gasteiger charge is 2.56. The van der Waals surface area contributed by atoms with Crippen LogP contribution in [0.15, 0.2) is 24.3 Å². The van der Waals surface area contributed by atoms with Crippen LogP contribution in [0.2, 0.25) is 0 Å². The zero-order valence-corrected chi connectivity index (χ0v) is 19.0. The van der Waals surface area contributed by atoms with E-state index >= 15 is 0 Å². The van der Waals surface area contributed by atoms with Crippen LogP contribution in [0.25, 0.3) is 0 Å². The average Bonchev–Trinajstić information content (AvgIpc) is 2.89. The molecular formula is C24H32N2O5. The Morgan fingerprint density at radius 1 is 1.19 bits per heavy atom. The van der Waals surface area contributed by atoms with Gasteiger partial charge in [-0.1, -0.05) is 52.0 Å². The smallest absolute Gasteiger partial charge is 0.326 e. The van der Waals surface area contributed by atoms with Gasteiger partial charge in [0.2, 0.25) is 5.78 Å². The summed E-state index contributed by atoms with van der Waals surface area (Å²) in [5, 5.41) is 2.84. The molecule has 0 bridgehead atoms. The van der Waals surface area contributed by atoms with Crippen LogP contribution in [0.4, 0.5) is 4.79 Å². The Morgan fingerprint density at radius 3 is 2.42 bits per heavy atom. The van der Waals surface area contributed by atoms with Crippen LogP contribution in [0.5, 0.6) is 0 Å². The quantitative estimate of drug-likeness (QED) is 0.425. The highest BCUT2D eigenvalue weighted by Crippen LogP contribution is 2.46. The molecule has 3 atom stereocenters. The van der Waals surface area contributed by atoms with E-state index in [2.05, 4.69) is 26.1 Å². The van der Waals surface area contributed by atoms with Gasteiger partial charge in [0, 0.05) is 5.56 Å². The lowest BCUT2D eigenvalue weighted by atomic mass is 9.64. The lowest BCUT2D eigenvalue weighted by Gasteiger charge is -2.43. The summed E-state index contributed by atoms with van der Waals surface area (Å²) in [6.45, 7) is 9.25. The number of ether oxygens (including phenoxy) is 1. The molecule has 168 valence electrons. The SMILES string of the molecule is CCc1ccc(C(=O)[C@H](C)OC(=O)CN2C(=O)N[C@]3(C[C@H](C)CC(C)(C)C3)C2=O)cc1. The van der Waals surface area contributed by atoms with Crippen molar-refractivity contribution < 1.29 is 23.9 Å². The molecule has 1 aliphatic carbocycles. The maximum absolute atomic E-state index is 13.1. The number of amides is 3. The van der Waals surface area contributed by atoms with Gasteiger partial charge >= 0.3 is 12.0 Å². The van der Waals surface area contributed by atoms with E-state index in [1.54, 1.807) is 12.1 Å². The summed E-state index contributed by atoms with van der Waals surface area (Å²) in [7, 11) is 0. The number of nitrogens with zero attached hydrogens (tertiary/aromatic N) is 1. The van der Waals surface area contributed by atoms with Gasteiger partial charge in [-0.25, -0.2) is 4.79 Å². The molecule has 1 aromatic rings. The van der Waals surface area contributed by atoms with Gasteiger partial charge in [-0.3, -0.25) is 19.3 Å². The fraction of sp³-hybridized carbons (Fsp3) is 0.583. The maximum atomic E-state index is 13.1. The predicted molar refractivity (Wildman–Crippen MR) is 115 cm³/mol. The first-order valence-electron chi connectivity index (χ1n) is 10.9. The highest BCUT2D eigenvalue weighted by atomic mass is 16.5. The van der Waals surface area contributed by atoms with Crippen molar-refractivity contribution in [2.45, 2.75) is 71.9 Å². The van der Waals surface area contributed by atoms with Gasteiger partial charge in [-0.05, 0) is 49.5 Å². The molecule has 1 N–H and O–H groups in total. The van der Waals surface area contributed by atoms with E-state index in [9.17, 15) is 19.2 Å². The molecule has 1 spiro atoms. The number of rotatable bonds is 6. The minimum atomic E-state index is -1.01. The van der Waals surface area contributed by atoms with Crippen molar-refractivity contribution in [2.24, 2.45) is 11.3 Å². The predicted octanol–water partition coefficient (Wildman–Crippen LogP) is 3.50. The van der Waals surface area contributed by atoms with Crippen molar-refractivity contribution in [3.63, 3.8) is 0 Å². The molecule has 1 aromatic carbocycles. The highest BCUT2D eigenvalue weighted by molar-refractivity contribution is 6.09. The van der Waals surface area contributed by atoms with Crippen LogP contribution < -0.4 is 5.32 Å². The lowest BCUT2D eigenvalue weighted by molar-refractivity contribution is -0.150. The Morgan fingerprint density at radius 2 is 1.84 bits per heavy atom. The van der Waals surface area contributed by atoms with Crippen LogP contribution >= 0.6 is 0 Å². The zero-order chi connectivity index (χ0) is 23.0. The van der Waals surface area contributed by atoms with E-state index in [-0.39, 0.29) is 23.0 Å². The summed E-state index contributed by atoms with van der Waals surface area (Å²) >= 11 is 0. The first-order valence-corrected chi connectivity index (χ1v) is 10.9. The average molecular weight is 429 g/mol. The van der Waals surface area contributed by atoms with E-state index < -0.39 is 30.2 Å². The summed E-state index contributed by atoms with van der Waals surface area (Å²) in [6.07, 6.45) is 1.91. The number of nitrogens with one attached hydrogen (secondary N) is 1. The summed E-state index contributed by atoms with van der Waals surface area (Å²) in [6, 6.07) is 6.56. The second-order valence-electron chi connectivity index (χ2n) is 9.80. The van der Waals surface area contributed by atoms with Gasteiger partial charge in [0.1, 0.15) is 12.1 Å². The number of ketones is 1. The molecule has 3 rings (SSSR count). The molecule has 1 saturated carbocycles. The maximum Gasteiger partial charge on any atom is 0.326 e. The first kappa shape index (κ1) is 23.0. The van der Waals surface area contributed by atoms with E-state index in [4.69, 9.17) is 4.74 Å². The van der Waals surface area contributed by atoms with Crippen molar-refractivity contribution in [2.75, 3.05) is 6.54 Å². The number of hydrogen-bond acceptors (Lipinski definition) is 5. The molecule has 1 heterocycles. The van der Waals surface area contributed by atoms with Crippen molar-refractivity contribution in [1.82, 2.24) is 10.2 Å². The minimum Gasteiger partial charge on any atom is -0.453 e. The number of imide groups is 1. The minimum absolute atomic E-state index is 0.0919. The number of carbonyl (C=O) groups excluding carboxylic acids is 4. The number of Topliss-reactive ketones (excluding diaryl/α,β-unsaturated/α-hetero) is 1. The number of benzene rings is 1. The molecule has 1 saturated heterocycles. The van der Waals surface area contributed by atoms with Crippen LogP contribution in [-0.4, -0.2) is 46.8 Å². The Kier molecular flexibility index (Phi) is 6.25. The van der Waals surface area contributed by atoms with E-state index in [1.807, 2.05) is 19.1 Å². The molecule has 0 unspecified atom stereocenters. The monoisotopic (exact) mass is 428 g/mol. The van der Waals surface area contributed by atoms with Crippen LogP contribution in [0.1, 0.15) is 69.8 Å². The summed E-state index contributed by atoms with van der Waals surface area (Å²) in [4.78, 5) is 51.6. The summed E-state index contributed by atoms with van der Waals surface area (Å²) < 4.78 is 5.26. The van der Waals surface area contributed by atoms with E-state index in [0.29, 0.717) is 18.4 Å².